The maximum absolute atomic E-state index is 11.2. The Morgan fingerprint density at radius 2 is 2.04 bits per heavy atom. The lowest BCUT2D eigenvalue weighted by Gasteiger charge is -2.21. The van der Waals surface area contributed by atoms with Crippen molar-refractivity contribution in [2.24, 2.45) is 10.9 Å². The number of rotatable bonds is 3. The van der Waals surface area contributed by atoms with Gasteiger partial charge in [-0.3, -0.25) is 4.98 Å². The maximum atomic E-state index is 11.2. The van der Waals surface area contributed by atoms with Crippen LogP contribution in [0.5, 0.6) is 0 Å². The number of hydrogen-bond acceptors (Lipinski definition) is 4. The molecule has 0 aliphatic carbocycles. The van der Waals surface area contributed by atoms with Gasteiger partial charge in [-0.25, -0.2) is 14.5 Å². The van der Waals surface area contributed by atoms with Crippen molar-refractivity contribution >= 4 is 17.5 Å². The van der Waals surface area contributed by atoms with Crippen LogP contribution >= 0.6 is 0 Å². The first-order valence-electron chi connectivity index (χ1n) is 8.03. The summed E-state index contributed by atoms with van der Waals surface area (Å²) in [5, 5.41) is 13.6. The molecule has 3 aromatic rings. The lowest BCUT2D eigenvalue weighted by atomic mass is 9.97. The van der Waals surface area contributed by atoms with Gasteiger partial charge in [-0.15, -0.1) is 0 Å². The third-order valence-corrected chi connectivity index (χ3v) is 4.30. The predicted molar refractivity (Wildman–Crippen MR) is 94.2 cm³/mol. The summed E-state index contributed by atoms with van der Waals surface area (Å²) in [5.41, 5.74) is 3.58. The van der Waals surface area contributed by atoms with E-state index in [9.17, 15) is 9.90 Å². The van der Waals surface area contributed by atoms with E-state index in [0.29, 0.717) is 11.5 Å². The topological polar surface area (TPSA) is 80.4 Å². The number of nitrogens with zero attached hydrogens (tertiary/aromatic N) is 4. The summed E-state index contributed by atoms with van der Waals surface area (Å²) in [6, 6.07) is 13.1. The van der Waals surface area contributed by atoms with Crippen LogP contribution in [-0.2, 0) is 6.54 Å². The Kier molecular flexibility index (Phi) is 3.65. The van der Waals surface area contributed by atoms with E-state index >= 15 is 0 Å². The zero-order chi connectivity index (χ0) is 17.4. The highest BCUT2D eigenvalue weighted by molar-refractivity contribution is 6.04. The second-order valence-electron chi connectivity index (χ2n) is 6.06. The normalized spacial score (nSPS) is 16.2. The van der Waals surface area contributed by atoms with Crippen LogP contribution in [0.15, 0.2) is 59.9 Å². The van der Waals surface area contributed by atoms with Crippen LogP contribution < -0.4 is 0 Å². The number of hydrogen-bond donors (Lipinski definition) is 1. The summed E-state index contributed by atoms with van der Waals surface area (Å²) in [6.45, 7) is 2.85. The van der Waals surface area contributed by atoms with Gasteiger partial charge in [0.15, 0.2) is 5.82 Å². The van der Waals surface area contributed by atoms with Gasteiger partial charge in [0.2, 0.25) is 0 Å². The van der Waals surface area contributed by atoms with Crippen LogP contribution in [0.25, 0.3) is 11.3 Å². The average molecular weight is 332 g/mol. The van der Waals surface area contributed by atoms with Gasteiger partial charge in [0.05, 0.1) is 35.3 Å². The average Bonchev–Trinajstić information content (AvgIpc) is 3.04. The molecule has 1 unspecified atom stereocenters. The van der Waals surface area contributed by atoms with Crippen LogP contribution in [0.1, 0.15) is 22.8 Å². The van der Waals surface area contributed by atoms with Crippen molar-refractivity contribution in [2.45, 2.75) is 13.5 Å². The van der Waals surface area contributed by atoms with Crippen LogP contribution in [0, 0.1) is 5.92 Å². The number of carboxylic acid groups (broad SMARTS) is 1. The molecule has 1 atom stereocenters. The number of carboxylic acids is 1. The number of fused-ring (bicyclic) bond motifs is 1. The summed E-state index contributed by atoms with van der Waals surface area (Å²) in [7, 11) is 0. The van der Waals surface area contributed by atoms with Gasteiger partial charge in [0, 0.05) is 12.1 Å². The van der Waals surface area contributed by atoms with Crippen molar-refractivity contribution < 1.29 is 9.90 Å². The zero-order valence-corrected chi connectivity index (χ0v) is 13.6. The zero-order valence-electron chi connectivity index (χ0n) is 13.6. The molecule has 0 saturated carbocycles. The van der Waals surface area contributed by atoms with E-state index in [-0.39, 0.29) is 11.5 Å². The van der Waals surface area contributed by atoms with Gasteiger partial charge < -0.3 is 5.11 Å². The van der Waals surface area contributed by atoms with E-state index in [2.05, 4.69) is 17.0 Å². The van der Waals surface area contributed by atoms with Gasteiger partial charge >= 0.3 is 5.97 Å². The Hall–Kier alpha value is -3.28. The molecule has 0 amide bonds. The standard InChI is InChI=1S/C19H16N4O2/c1-12-11-23-18(22-17(12)13-5-3-2-4-6-13)15(10-21-23)16-9-14(19(24)25)7-8-20-16/h2-10,12H,11H2,1H3,(H,24,25). The van der Waals surface area contributed by atoms with Crippen LogP contribution in [0.3, 0.4) is 0 Å². The third-order valence-electron chi connectivity index (χ3n) is 4.30. The van der Waals surface area contributed by atoms with E-state index in [1.165, 1.54) is 12.3 Å². The molecule has 1 aliphatic rings. The fraction of sp³-hybridized carbons (Fsp3) is 0.158. The molecule has 0 spiro atoms. The largest absolute Gasteiger partial charge is 0.478 e. The molecule has 1 aromatic carbocycles. The Labute approximate surface area is 144 Å². The highest BCUT2D eigenvalue weighted by Crippen LogP contribution is 2.34. The summed E-state index contributed by atoms with van der Waals surface area (Å²) in [6.07, 6.45) is 3.20. The second-order valence-corrected chi connectivity index (χ2v) is 6.06. The molecular weight excluding hydrogens is 316 g/mol. The molecule has 25 heavy (non-hydrogen) atoms. The number of aromatic nitrogens is 3. The van der Waals surface area contributed by atoms with Gasteiger partial charge in [0.1, 0.15) is 0 Å². The van der Waals surface area contributed by atoms with E-state index < -0.39 is 5.97 Å². The van der Waals surface area contributed by atoms with E-state index in [4.69, 9.17) is 4.99 Å². The lowest BCUT2D eigenvalue weighted by molar-refractivity contribution is 0.0697. The predicted octanol–water partition coefficient (Wildman–Crippen LogP) is 3.41. The molecule has 6 nitrogen and oxygen atoms in total. The van der Waals surface area contributed by atoms with Gasteiger partial charge in [0.25, 0.3) is 0 Å². The number of aromatic carboxylic acids is 1. The fourth-order valence-corrected chi connectivity index (χ4v) is 3.05. The Morgan fingerprint density at radius 1 is 1.24 bits per heavy atom. The van der Waals surface area contributed by atoms with Crippen molar-refractivity contribution in [3.05, 3.63) is 66.0 Å². The van der Waals surface area contributed by atoms with Crippen LogP contribution in [0.4, 0.5) is 5.82 Å². The highest BCUT2D eigenvalue weighted by atomic mass is 16.4. The first-order chi connectivity index (χ1) is 12.1. The summed E-state index contributed by atoms with van der Waals surface area (Å²) >= 11 is 0. The molecule has 2 aromatic heterocycles. The number of pyridine rings is 1. The lowest BCUT2D eigenvalue weighted by Crippen LogP contribution is -2.23. The van der Waals surface area contributed by atoms with Crippen molar-refractivity contribution in [3.63, 3.8) is 0 Å². The van der Waals surface area contributed by atoms with Crippen molar-refractivity contribution in [3.8, 4) is 11.3 Å². The first-order valence-corrected chi connectivity index (χ1v) is 8.03. The fourth-order valence-electron chi connectivity index (χ4n) is 3.05. The van der Waals surface area contributed by atoms with Crippen molar-refractivity contribution in [1.29, 1.82) is 0 Å². The molecule has 6 heteroatoms. The number of carbonyl (C=O) groups is 1. The molecule has 0 bridgehead atoms. The Morgan fingerprint density at radius 3 is 2.80 bits per heavy atom. The van der Waals surface area contributed by atoms with Crippen molar-refractivity contribution in [1.82, 2.24) is 14.8 Å². The number of aliphatic imine (C=N–C) groups is 1. The molecule has 4 rings (SSSR count). The number of benzene rings is 1. The molecule has 124 valence electrons. The maximum Gasteiger partial charge on any atom is 0.335 e. The molecule has 0 radical (unpaired) electrons. The smallest absolute Gasteiger partial charge is 0.335 e. The minimum absolute atomic E-state index is 0.196. The van der Waals surface area contributed by atoms with Crippen molar-refractivity contribution in [2.75, 3.05) is 0 Å². The molecule has 1 N–H and O–H groups in total. The molecule has 3 heterocycles. The summed E-state index contributed by atoms with van der Waals surface area (Å²) < 4.78 is 1.85. The van der Waals surface area contributed by atoms with Crippen LogP contribution in [0.2, 0.25) is 0 Å². The molecular formula is C19H16N4O2. The summed E-state index contributed by atoms with van der Waals surface area (Å²) in [5.74, 6) is -0.0280. The SMILES string of the molecule is CC1Cn2ncc(-c3cc(C(=O)O)ccn3)c2N=C1c1ccccc1. The summed E-state index contributed by atoms with van der Waals surface area (Å²) in [4.78, 5) is 20.4. The second kappa shape index (κ2) is 5.98. The highest BCUT2D eigenvalue weighted by Gasteiger charge is 2.24. The van der Waals surface area contributed by atoms with E-state index in [1.54, 1.807) is 12.3 Å². The molecule has 0 saturated heterocycles. The Balaban J connectivity index is 1.83. The Bertz CT molecular complexity index is 976. The molecule has 0 fully saturated rings. The molecule has 1 aliphatic heterocycles. The van der Waals surface area contributed by atoms with Gasteiger partial charge in [-0.1, -0.05) is 37.3 Å². The quantitative estimate of drug-likeness (QED) is 0.797. The van der Waals surface area contributed by atoms with E-state index in [1.807, 2.05) is 35.0 Å². The minimum atomic E-state index is -0.980. The van der Waals surface area contributed by atoms with Crippen LogP contribution in [-0.4, -0.2) is 31.6 Å². The first kappa shape index (κ1) is 15.3. The van der Waals surface area contributed by atoms with Gasteiger partial charge in [-0.2, -0.15) is 5.10 Å². The van der Waals surface area contributed by atoms with Gasteiger partial charge in [-0.05, 0) is 17.7 Å². The minimum Gasteiger partial charge on any atom is -0.478 e. The van der Waals surface area contributed by atoms with E-state index in [0.717, 1.165) is 23.4 Å². The third kappa shape index (κ3) is 2.71. The monoisotopic (exact) mass is 332 g/mol.